The van der Waals surface area contributed by atoms with E-state index in [1.165, 1.54) is 4.90 Å². The van der Waals surface area contributed by atoms with Crippen LogP contribution in [-0.4, -0.2) is 66.5 Å². The van der Waals surface area contributed by atoms with Gasteiger partial charge in [0.15, 0.2) is 0 Å². The molecule has 13 heteroatoms. The van der Waals surface area contributed by atoms with Crippen LogP contribution in [0.3, 0.4) is 0 Å². The Bertz CT molecular complexity index is 1030. The van der Waals surface area contributed by atoms with Crippen molar-refractivity contribution >= 4 is 17.9 Å². The molecule has 0 bridgehead atoms. The molecule has 2 aliphatic rings. The Morgan fingerprint density at radius 3 is 1.70 bits per heavy atom. The van der Waals surface area contributed by atoms with E-state index in [-0.39, 0.29) is 49.5 Å². The van der Waals surface area contributed by atoms with Crippen molar-refractivity contribution in [2.24, 2.45) is 17.8 Å². The van der Waals surface area contributed by atoms with Crippen molar-refractivity contribution in [1.82, 2.24) is 15.1 Å². The Balaban J connectivity index is 1.55. The molecule has 0 spiro atoms. The molecule has 224 valence electrons. The number of benzene rings is 1. The maximum atomic E-state index is 13.2. The van der Waals surface area contributed by atoms with Crippen molar-refractivity contribution in [3.8, 4) is 0 Å². The van der Waals surface area contributed by atoms with Crippen LogP contribution in [0.15, 0.2) is 18.2 Å². The summed E-state index contributed by atoms with van der Waals surface area (Å²) in [5, 5.41) is 2.75. The van der Waals surface area contributed by atoms with Crippen LogP contribution in [0.1, 0.15) is 67.9 Å². The lowest BCUT2D eigenvalue weighted by atomic mass is 9.78. The number of amides is 3. The molecule has 7 nitrogen and oxygen atoms in total. The Morgan fingerprint density at radius 1 is 0.850 bits per heavy atom. The molecule has 0 radical (unpaired) electrons. The van der Waals surface area contributed by atoms with Crippen molar-refractivity contribution < 1.29 is 45.5 Å². The number of rotatable bonds is 6. The lowest BCUT2D eigenvalue weighted by Gasteiger charge is -2.40. The first-order chi connectivity index (χ1) is 18.6. The zero-order valence-electron chi connectivity index (χ0n) is 22.7. The van der Waals surface area contributed by atoms with E-state index in [1.807, 2.05) is 13.8 Å². The number of carbonyl (C=O) groups excluding carboxylic acids is 3. The number of hydrogen-bond acceptors (Lipinski definition) is 4. The molecule has 2 fully saturated rings. The van der Waals surface area contributed by atoms with Gasteiger partial charge in [0, 0.05) is 31.7 Å². The first-order valence-electron chi connectivity index (χ1n) is 13.4. The second kappa shape index (κ2) is 12.7. The number of ether oxygens (including phenoxy) is 1. The lowest BCUT2D eigenvalue weighted by Crippen LogP contribution is -2.53. The molecule has 40 heavy (non-hydrogen) atoms. The van der Waals surface area contributed by atoms with Crippen molar-refractivity contribution in [2.75, 3.05) is 32.8 Å². The second-order valence-corrected chi connectivity index (χ2v) is 10.7. The maximum Gasteiger partial charge on any atom is 0.416 e. The topological polar surface area (TPSA) is 79.0 Å². The van der Waals surface area contributed by atoms with E-state index in [0.29, 0.717) is 50.9 Å². The van der Waals surface area contributed by atoms with Gasteiger partial charge in [0.05, 0.1) is 17.7 Å². The molecule has 2 heterocycles. The van der Waals surface area contributed by atoms with Gasteiger partial charge < -0.3 is 19.9 Å². The van der Waals surface area contributed by atoms with Crippen molar-refractivity contribution in [1.29, 1.82) is 0 Å². The fourth-order valence-corrected chi connectivity index (χ4v) is 5.36. The molecule has 1 aromatic rings. The molecule has 1 aromatic carbocycles. The van der Waals surface area contributed by atoms with Gasteiger partial charge >= 0.3 is 24.4 Å². The van der Waals surface area contributed by atoms with Crippen LogP contribution in [0.5, 0.6) is 0 Å². The zero-order valence-corrected chi connectivity index (χ0v) is 22.7. The summed E-state index contributed by atoms with van der Waals surface area (Å²) in [5.41, 5.74) is -3.67. The minimum absolute atomic E-state index is 0.00939. The van der Waals surface area contributed by atoms with Crippen LogP contribution in [0, 0.1) is 17.8 Å². The van der Waals surface area contributed by atoms with E-state index < -0.39 is 47.0 Å². The van der Waals surface area contributed by atoms with E-state index in [0.717, 1.165) is 0 Å². The van der Waals surface area contributed by atoms with E-state index in [4.69, 9.17) is 4.74 Å². The monoisotopic (exact) mass is 579 g/mol. The molecule has 0 saturated carbocycles. The highest BCUT2D eigenvalue weighted by Crippen LogP contribution is 2.37. The number of alkyl halides is 6. The number of nitrogens with one attached hydrogen (secondary N) is 1. The van der Waals surface area contributed by atoms with E-state index in [9.17, 15) is 40.7 Å². The molecule has 3 rings (SSSR count). The predicted octanol–water partition coefficient (Wildman–Crippen LogP) is 5.59. The third-order valence-electron chi connectivity index (χ3n) is 7.64. The second-order valence-electron chi connectivity index (χ2n) is 10.7. The highest BCUT2D eigenvalue weighted by molar-refractivity contribution is 5.94. The summed E-state index contributed by atoms with van der Waals surface area (Å²) >= 11 is 0. The molecular weight excluding hydrogens is 544 g/mol. The Hall–Kier alpha value is -2.99. The van der Waals surface area contributed by atoms with E-state index in [2.05, 4.69) is 5.32 Å². The van der Waals surface area contributed by atoms with Gasteiger partial charge in [-0.1, -0.05) is 13.8 Å². The molecule has 1 atom stereocenters. The Labute approximate surface area is 229 Å². The zero-order chi connectivity index (χ0) is 29.8. The smallest absolute Gasteiger partial charge is 0.416 e. The van der Waals surface area contributed by atoms with Gasteiger partial charge in [-0.2, -0.15) is 26.3 Å². The molecule has 1 unspecified atom stereocenters. The molecule has 0 aliphatic carbocycles. The molecule has 2 saturated heterocycles. The average Bonchev–Trinajstić information content (AvgIpc) is 2.90. The minimum atomic E-state index is -5.02. The van der Waals surface area contributed by atoms with Crippen LogP contribution in [0.4, 0.5) is 31.1 Å². The number of piperidine rings is 2. The van der Waals surface area contributed by atoms with Crippen LogP contribution < -0.4 is 5.32 Å². The first kappa shape index (κ1) is 31.5. The van der Waals surface area contributed by atoms with Crippen LogP contribution in [0.25, 0.3) is 0 Å². The third kappa shape index (κ3) is 7.81. The predicted molar refractivity (Wildman–Crippen MR) is 133 cm³/mol. The largest absolute Gasteiger partial charge is 0.464 e. The summed E-state index contributed by atoms with van der Waals surface area (Å²) in [6.45, 7) is 6.93. The summed E-state index contributed by atoms with van der Waals surface area (Å²) in [6, 6.07) is -0.150. The summed E-state index contributed by atoms with van der Waals surface area (Å²) in [4.78, 5) is 40.8. The van der Waals surface area contributed by atoms with Crippen molar-refractivity contribution in [3.05, 3.63) is 34.9 Å². The maximum absolute atomic E-state index is 13.2. The van der Waals surface area contributed by atoms with E-state index in [1.54, 1.807) is 11.8 Å². The Kier molecular flexibility index (Phi) is 9.99. The quantitative estimate of drug-likeness (QED) is 0.352. The number of hydrogen-bond donors (Lipinski definition) is 1. The van der Waals surface area contributed by atoms with Gasteiger partial charge in [-0.05, 0) is 68.6 Å². The van der Waals surface area contributed by atoms with Gasteiger partial charge in [0.25, 0.3) is 5.91 Å². The standard InChI is InChI=1S/C27H35F6N3O4/c1-4-40-24(38)22(16(2)3)34-25(39)36-11-7-18(8-12-36)17-5-9-35(10-6-17)23(37)19-13-20(26(28,29)30)15-21(14-19)27(31,32)33/h13-18,22H,4-12H2,1-3H3,(H,34,39). The summed E-state index contributed by atoms with van der Waals surface area (Å²) in [5.74, 6) is -1.02. The molecule has 2 aliphatic heterocycles. The minimum Gasteiger partial charge on any atom is -0.464 e. The average molecular weight is 580 g/mol. The van der Waals surface area contributed by atoms with Gasteiger partial charge in [-0.15, -0.1) is 0 Å². The summed E-state index contributed by atoms with van der Waals surface area (Å²) in [7, 11) is 0. The van der Waals surface area contributed by atoms with Gasteiger partial charge in [-0.3, -0.25) is 4.79 Å². The summed E-state index contributed by atoms with van der Waals surface area (Å²) < 4.78 is 84.2. The number of likely N-dealkylation sites (tertiary alicyclic amines) is 2. The first-order valence-corrected chi connectivity index (χ1v) is 13.4. The Morgan fingerprint density at radius 2 is 1.30 bits per heavy atom. The van der Waals surface area contributed by atoms with Crippen LogP contribution in [-0.2, 0) is 21.9 Å². The number of nitrogens with zero attached hydrogens (tertiary/aromatic N) is 2. The lowest BCUT2D eigenvalue weighted by molar-refractivity contribution is -0.147. The number of halogens is 6. The van der Waals surface area contributed by atoms with Gasteiger partial charge in [0.2, 0.25) is 0 Å². The number of urea groups is 1. The van der Waals surface area contributed by atoms with Crippen LogP contribution >= 0.6 is 0 Å². The van der Waals surface area contributed by atoms with Gasteiger partial charge in [-0.25, -0.2) is 9.59 Å². The third-order valence-corrected chi connectivity index (χ3v) is 7.64. The number of esters is 1. The summed E-state index contributed by atoms with van der Waals surface area (Å²) in [6.07, 6.45) is -7.51. The molecule has 1 N–H and O–H groups in total. The fourth-order valence-electron chi connectivity index (χ4n) is 5.36. The highest BCUT2D eigenvalue weighted by Gasteiger charge is 2.39. The van der Waals surface area contributed by atoms with Crippen molar-refractivity contribution in [2.45, 2.75) is 64.8 Å². The normalized spacial score (nSPS) is 18.6. The number of carbonyl (C=O) groups is 3. The van der Waals surface area contributed by atoms with Crippen LogP contribution in [0.2, 0.25) is 0 Å². The molecule has 0 aromatic heterocycles. The molecular formula is C27H35F6N3O4. The highest BCUT2D eigenvalue weighted by atomic mass is 19.4. The SMILES string of the molecule is CCOC(=O)C(NC(=O)N1CCC(C2CCN(C(=O)c3cc(C(F)(F)F)cc(C(F)(F)F)c3)CC2)CC1)C(C)C. The van der Waals surface area contributed by atoms with Gasteiger partial charge in [0.1, 0.15) is 6.04 Å². The van der Waals surface area contributed by atoms with E-state index >= 15 is 0 Å². The van der Waals surface area contributed by atoms with Crippen molar-refractivity contribution in [3.63, 3.8) is 0 Å². The fraction of sp³-hybridized carbons (Fsp3) is 0.667. The molecule has 3 amide bonds.